The lowest BCUT2D eigenvalue weighted by Gasteiger charge is -2.50. The molecule has 166 valence electrons. The topological polar surface area (TPSA) is 50.2 Å². The van der Waals surface area contributed by atoms with Gasteiger partial charge in [-0.3, -0.25) is 4.98 Å². The van der Waals surface area contributed by atoms with E-state index in [1.807, 2.05) is 60.7 Å². The zero-order chi connectivity index (χ0) is 23.3. The van der Waals surface area contributed by atoms with Crippen LogP contribution in [-0.2, 0) is 22.0 Å². The lowest BCUT2D eigenvalue weighted by atomic mass is 9.55. The van der Waals surface area contributed by atoms with Gasteiger partial charge in [-0.1, -0.05) is 66.7 Å². The van der Waals surface area contributed by atoms with Crippen LogP contribution in [0.3, 0.4) is 0 Å². The van der Waals surface area contributed by atoms with E-state index in [0.717, 1.165) is 40.4 Å². The molecule has 0 atom stereocenters. The summed E-state index contributed by atoms with van der Waals surface area (Å²) in [6, 6.07) is 23.7. The van der Waals surface area contributed by atoms with Crippen LogP contribution in [-0.4, -0.2) is 16.4 Å². The molecule has 0 unspecified atom stereocenters. The SMILES string of the molecule is O=CC1(c2nc(-c3ccccc3)cc3ccccc23)CC(O)(c2ccc(C(F)(F)F)cc2)C1. The molecule has 5 rings (SSSR count). The van der Waals surface area contributed by atoms with Crippen LogP contribution in [0, 0.1) is 0 Å². The summed E-state index contributed by atoms with van der Waals surface area (Å²) in [7, 11) is 0. The molecule has 0 amide bonds. The molecular weight excluding hydrogens is 427 g/mol. The van der Waals surface area contributed by atoms with E-state index in [-0.39, 0.29) is 12.8 Å². The molecule has 0 aliphatic heterocycles. The molecule has 6 heteroatoms. The summed E-state index contributed by atoms with van der Waals surface area (Å²) in [4.78, 5) is 17.3. The van der Waals surface area contributed by atoms with Gasteiger partial charge in [-0.15, -0.1) is 0 Å². The fourth-order valence-electron chi connectivity index (χ4n) is 4.81. The minimum absolute atomic E-state index is 0.0457. The molecule has 0 radical (unpaired) electrons. The highest BCUT2D eigenvalue weighted by atomic mass is 19.4. The number of hydrogen-bond donors (Lipinski definition) is 1. The minimum Gasteiger partial charge on any atom is -0.385 e. The van der Waals surface area contributed by atoms with Crippen molar-refractivity contribution in [3.8, 4) is 11.3 Å². The molecule has 3 nitrogen and oxygen atoms in total. The van der Waals surface area contributed by atoms with Gasteiger partial charge in [0.05, 0.1) is 28.0 Å². The molecule has 1 fully saturated rings. The molecule has 33 heavy (non-hydrogen) atoms. The molecule has 1 N–H and O–H groups in total. The van der Waals surface area contributed by atoms with Crippen LogP contribution in [0.25, 0.3) is 22.0 Å². The van der Waals surface area contributed by atoms with Crippen molar-refractivity contribution in [1.29, 1.82) is 0 Å². The number of carbonyl (C=O) groups excluding carboxylic acids is 1. The maximum Gasteiger partial charge on any atom is 0.416 e. The third-order valence-corrected chi connectivity index (χ3v) is 6.47. The van der Waals surface area contributed by atoms with E-state index in [0.29, 0.717) is 11.3 Å². The quantitative estimate of drug-likeness (QED) is 0.388. The number of nitrogens with zero attached hydrogens (tertiary/aromatic N) is 1. The summed E-state index contributed by atoms with van der Waals surface area (Å²) in [5.74, 6) is 0. The number of fused-ring (bicyclic) bond motifs is 1. The summed E-state index contributed by atoms with van der Waals surface area (Å²) < 4.78 is 38.8. The van der Waals surface area contributed by atoms with E-state index in [1.165, 1.54) is 12.1 Å². The fourth-order valence-corrected chi connectivity index (χ4v) is 4.81. The second kappa shape index (κ2) is 7.52. The van der Waals surface area contributed by atoms with Crippen molar-refractivity contribution in [1.82, 2.24) is 4.98 Å². The first-order valence-electron chi connectivity index (χ1n) is 10.6. The standard InChI is InChI=1S/C27H20F3NO2/c28-27(29,30)21-12-10-20(11-13-21)26(33)15-25(16-26,17-32)24-22-9-5-4-8-19(22)14-23(31-24)18-6-2-1-3-7-18/h1-14,17,33H,15-16H2. The fraction of sp³-hybridized carbons (Fsp3) is 0.185. The predicted molar refractivity (Wildman–Crippen MR) is 119 cm³/mol. The summed E-state index contributed by atoms with van der Waals surface area (Å²) in [5.41, 5.74) is -0.668. The Morgan fingerprint density at radius 3 is 2.15 bits per heavy atom. The average Bonchev–Trinajstić information content (AvgIpc) is 2.81. The van der Waals surface area contributed by atoms with Crippen molar-refractivity contribution < 1.29 is 23.1 Å². The van der Waals surface area contributed by atoms with Crippen LogP contribution in [0.4, 0.5) is 13.2 Å². The van der Waals surface area contributed by atoms with Crippen LogP contribution in [0.2, 0.25) is 0 Å². The normalized spacial score (nSPS) is 22.7. The predicted octanol–water partition coefficient (Wildman–Crippen LogP) is 6.04. The number of hydrogen-bond acceptors (Lipinski definition) is 3. The summed E-state index contributed by atoms with van der Waals surface area (Å²) in [6.07, 6.45) is -3.54. The maximum atomic E-state index is 12.9. The first-order chi connectivity index (χ1) is 15.7. The van der Waals surface area contributed by atoms with Gasteiger partial charge in [0.15, 0.2) is 0 Å². The number of halogens is 3. The smallest absolute Gasteiger partial charge is 0.385 e. The number of aromatic nitrogens is 1. The number of carbonyl (C=O) groups is 1. The Labute approximate surface area is 188 Å². The second-order valence-electron chi connectivity index (χ2n) is 8.68. The number of pyridine rings is 1. The molecule has 1 aromatic heterocycles. The Hall–Kier alpha value is -3.51. The molecular formula is C27H20F3NO2. The van der Waals surface area contributed by atoms with Crippen molar-refractivity contribution in [2.45, 2.75) is 30.0 Å². The molecule has 1 saturated carbocycles. The Bertz CT molecular complexity index is 1330. The maximum absolute atomic E-state index is 12.9. The van der Waals surface area contributed by atoms with Gasteiger partial charge in [0, 0.05) is 10.9 Å². The zero-order valence-electron chi connectivity index (χ0n) is 17.5. The van der Waals surface area contributed by atoms with E-state index in [4.69, 9.17) is 4.98 Å². The summed E-state index contributed by atoms with van der Waals surface area (Å²) in [5, 5.41) is 12.9. The number of rotatable bonds is 4. The molecule has 0 saturated heterocycles. The van der Waals surface area contributed by atoms with E-state index >= 15 is 0 Å². The van der Waals surface area contributed by atoms with Crippen molar-refractivity contribution in [2.75, 3.05) is 0 Å². The van der Waals surface area contributed by atoms with Gasteiger partial charge in [-0.25, -0.2) is 0 Å². The first kappa shape index (κ1) is 21.3. The van der Waals surface area contributed by atoms with Crippen molar-refractivity contribution in [2.24, 2.45) is 0 Å². The number of aldehydes is 1. The monoisotopic (exact) mass is 447 g/mol. The number of alkyl halides is 3. The van der Waals surface area contributed by atoms with Crippen LogP contribution in [0.15, 0.2) is 84.9 Å². The first-order valence-corrected chi connectivity index (χ1v) is 10.6. The van der Waals surface area contributed by atoms with E-state index < -0.39 is 22.8 Å². The Morgan fingerprint density at radius 2 is 1.52 bits per heavy atom. The summed E-state index contributed by atoms with van der Waals surface area (Å²) >= 11 is 0. The van der Waals surface area contributed by atoms with Crippen molar-refractivity contribution >= 4 is 17.1 Å². The van der Waals surface area contributed by atoms with Gasteiger partial charge in [-0.2, -0.15) is 13.2 Å². The molecule has 1 aliphatic rings. The largest absolute Gasteiger partial charge is 0.416 e. The second-order valence-corrected chi connectivity index (χ2v) is 8.68. The Kier molecular flexibility index (Phi) is 4.87. The van der Waals surface area contributed by atoms with Crippen molar-refractivity contribution in [3.63, 3.8) is 0 Å². The third-order valence-electron chi connectivity index (χ3n) is 6.47. The molecule has 3 aromatic carbocycles. The van der Waals surface area contributed by atoms with Gasteiger partial charge in [0.25, 0.3) is 0 Å². The van der Waals surface area contributed by atoms with Crippen LogP contribution < -0.4 is 0 Å². The van der Waals surface area contributed by atoms with Crippen LogP contribution in [0.1, 0.15) is 29.7 Å². The Morgan fingerprint density at radius 1 is 0.879 bits per heavy atom. The molecule has 0 spiro atoms. The minimum atomic E-state index is -4.45. The van der Waals surface area contributed by atoms with E-state index in [1.54, 1.807) is 0 Å². The lowest BCUT2D eigenvalue weighted by molar-refractivity contribution is -0.138. The molecule has 1 heterocycles. The summed E-state index contributed by atoms with van der Waals surface area (Å²) in [6.45, 7) is 0. The van der Waals surface area contributed by atoms with Gasteiger partial charge in [0.2, 0.25) is 0 Å². The highest BCUT2D eigenvalue weighted by Gasteiger charge is 2.57. The zero-order valence-corrected chi connectivity index (χ0v) is 17.5. The Balaban J connectivity index is 1.56. The van der Waals surface area contributed by atoms with Gasteiger partial charge in [-0.05, 0) is 42.0 Å². The number of benzene rings is 3. The molecule has 1 aliphatic carbocycles. The molecule has 0 bridgehead atoms. The van der Waals surface area contributed by atoms with Gasteiger partial charge in [0.1, 0.15) is 6.29 Å². The van der Waals surface area contributed by atoms with Crippen molar-refractivity contribution in [3.05, 3.63) is 102 Å². The average molecular weight is 447 g/mol. The van der Waals surface area contributed by atoms with E-state index in [2.05, 4.69) is 0 Å². The lowest BCUT2D eigenvalue weighted by Crippen LogP contribution is -2.54. The van der Waals surface area contributed by atoms with Gasteiger partial charge >= 0.3 is 6.18 Å². The van der Waals surface area contributed by atoms with Crippen LogP contribution >= 0.6 is 0 Å². The van der Waals surface area contributed by atoms with Gasteiger partial charge < -0.3 is 9.90 Å². The third kappa shape index (κ3) is 3.60. The highest BCUT2D eigenvalue weighted by molar-refractivity contribution is 5.92. The highest BCUT2D eigenvalue weighted by Crippen LogP contribution is 2.55. The van der Waals surface area contributed by atoms with E-state index in [9.17, 15) is 23.1 Å². The van der Waals surface area contributed by atoms with Crippen LogP contribution in [0.5, 0.6) is 0 Å². The number of aliphatic hydroxyl groups is 1. The molecule has 4 aromatic rings.